The molecule has 3 N–H and O–H groups in total. The second-order valence-electron chi connectivity index (χ2n) is 4.07. The van der Waals surface area contributed by atoms with Crippen molar-refractivity contribution in [3.63, 3.8) is 0 Å². The van der Waals surface area contributed by atoms with Crippen LogP contribution >= 0.6 is 25.0 Å². The van der Waals surface area contributed by atoms with E-state index < -0.39 is 0 Å². The van der Waals surface area contributed by atoms with Crippen LogP contribution in [0.4, 0.5) is 5.69 Å². The summed E-state index contributed by atoms with van der Waals surface area (Å²) in [7, 11) is 0. The van der Waals surface area contributed by atoms with E-state index in [4.69, 9.17) is 10.2 Å². The summed E-state index contributed by atoms with van der Waals surface area (Å²) in [6.45, 7) is 0. The van der Waals surface area contributed by atoms with Gasteiger partial charge in [-0.15, -0.1) is 12.4 Å². The number of benzene rings is 1. The van der Waals surface area contributed by atoms with Crippen molar-refractivity contribution >= 4 is 36.6 Å². The third-order valence-electron chi connectivity index (χ3n) is 2.95. The topological polar surface area (TPSA) is 63.5 Å². The van der Waals surface area contributed by atoms with Gasteiger partial charge >= 0.3 is 0 Å². The van der Waals surface area contributed by atoms with Gasteiger partial charge in [0.1, 0.15) is 11.6 Å². The lowest BCUT2D eigenvalue weighted by molar-refractivity contribution is 0.484. The second kappa shape index (κ2) is 5.59. The molecule has 0 saturated heterocycles. The molecule has 1 unspecified atom stereocenters. The average molecular weight is 296 g/mol. The standard InChI is InChI=1S/C13H13N3OS.ClH/c14-12-11-8(7-18)3-1-4-9(11)15-13(16-12)10-5-2-6-17-10;/h1-6,13,15,18H,7H2,(H2,14,16);1H. The summed E-state index contributed by atoms with van der Waals surface area (Å²) in [5, 5.41) is 3.31. The molecule has 0 bridgehead atoms. The van der Waals surface area contributed by atoms with Crippen molar-refractivity contribution in [1.82, 2.24) is 0 Å². The van der Waals surface area contributed by atoms with Crippen molar-refractivity contribution in [3.8, 4) is 0 Å². The summed E-state index contributed by atoms with van der Waals surface area (Å²) in [5.41, 5.74) is 9.03. The fourth-order valence-corrected chi connectivity index (χ4v) is 2.38. The van der Waals surface area contributed by atoms with Gasteiger partial charge in [0.15, 0.2) is 6.17 Å². The molecule has 19 heavy (non-hydrogen) atoms. The molecule has 0 spiro atoms. The van der Waals surface area contributed by atoms with Crippen LogP contribution in [-0.4, -0.2) is 5.84 Å². The highest BCUT2D eigenvalue weighted by Crippen LogP contribution is 2.31. The van der Waals surface area contributed by atoms with Gasteiger partial charge in [0.2, 0.25) is 0 Å². The predicted molar refractivity (Wildman–Crippen MR) is 82.2 cm³/mol. The summed E-state index contributed by atoms with van der Waals surface area (Å²) in [6, 6.07) is 9.68. The number of nitrogens with one attached hydrogen (secondary N) is 1. The van der Waals surface area contributed by atoms with Crippen molar-refractivity contribution < 1.29 is 4.42 Å². The highest BCUT2D eigenvalue weighted by atomic mass is 35.5. The fourth-order valence-electron chi connectivity index (χ4n) is 2.12. The SMILES string of the molecule is Cl.NC1=NC(c2ccco2)Nc2cccc(CS)c21. The summed E-state index contributed by atoms with van der Waals surface area (Å²) in [6.07, 6.45) is 1.37. The number of halogens is 1. The molecule has 1 aromatic carbocycles. The number of hydrogen-bond donors (Lipinski definition) is 3. The molecule has 1 atom stereocenters. The fraction of sp³-hybridized carbons (Fsp3) is 0.154. The Balaban J connectivity index is 0.00000133. The molecule has 1 aromatic heterocycles. The Morgan fingerprint density at radius 2 is 2.16 bits per heavy atom. The highest BCUT2D eigenvalue weighted by molar-refractivity contribution is 7.79. The maximum atomic E-state index is 6.05. The van der Waals surface area contributed by atoms with Crippen LogP contribution in [0.3, 0.4) is 0 Å². The molecule has 0 fully saturated rings. The number of nitrogens with two attached hydrogens (primary N) is 1. The summed E-state index contributed by atoms with van der Waals surface area (Å²) >= 11 is 4.31. The Morgan fingerprint density at radius 1 is 1.32 bits per heavy atom. The maximum Gasteiger partial charge on any atom is 0.179 e. The number of fused-ring (bicyclic) bond motifs is 1. The highest BCUT2D eigenvalue weighted by Gasteiger charge is 2.23. The normalized spacial score (nSPS) is 16.9. The first kappa shape index (κ1) is 13.8. The Labute approximate surface area is 122 Å². The number of rotatable bonds is 2. The van der Waals surface area contributed by atoms with Gasteiger partial charge in [0, 0.05) is 17.0 Å². The van der Waals surface area contributed by atoms with Crippen LogP contribution in [-0.2, 0) is 5.75 Å². The van der Waals surface area contributed by atoms with E-state index in [9.17, 15) is 0 Å². The number of hydrogen-bond acceptors (Lipinski definition) is 5. The minimum Gasteiger partial charge on any atom is -0.465 e. The molecule has 0 saturated carbocycles. The predicted octanol–water partition coefficient (Wildman–Crippen LogP) is 2.96. The molecule has 2 aromatic rings. The minimum atomic E-state index is -0.261. The van der Waals surface area contributed by atoms with E-state index in [0.29, 0.717) is 11.6 Å². The van der Waals surface area contributed by atoms with E-state index in [2.05, 4.69) is 22.9 Å². The first-order chi connectivity index (χ1) is 8.79. The molecule has 0 aliphatic carbocycles. The zero-order chi connectivity index (χ0) is 12.5. The third-order valence-corrected chi connectivity index (χ3v) is 3.29. The van der Waals surface area contributed by atoms with Gasteiger partial charge in [0.25, 0.3) is 0 Å². The molecule has 6 heteroatoms. The smallest absolute Gasteiger partial charge is 0.179 e. The maximum absolute atomic E-state index is 6.05. The van der Waals surface area contributed by atoms with Crippen molar-refractivity contribution in [2.24, 2.45) is 10.7 Å². The van der Waals surface area contributed by atoms with E-state index >= 15 is 0 Å². The van der Waals surface area contributed by atoms with Gasteiger partial charge in [-0.3, -0.25) is 0 Å². The molecule has 4 nitrogen and oxygen atoms in total. The van der Waals surface area contributed by atoms with E-state index in [0.717, 1.165) is 22.6 Å². The van der Waals surface area contributed by atoms with E-state index in [1.54, 1.807) is 6.26 Å². The molecule has 1 aliphatic heterocycles. The summed E-state index contributed by atoms with van der Waals surface area (Å²) in [4.78, 5) is 4.43. The molecular weight excluding hydrogens is 282 g/mol. The van der Waals surface area contributed by atoms with Crippen molar-refractivity contribution in [2.45, 2.75) is 11.9 Å². The molecule has 1 aliphatic rings. The Bertz CT molecular complexity index is 598. The molecule has 0 amide bonds. The summed E-state index contributed by atoms with van der Waals surface area (Å²) in [5.74, 6) is 1.90. The van der Waals surface area contributed by atoms with Crippen LogP contribution in [0, 0.1) is 0 Å². The van der Waals surface area contributed by atoms with Crippen LogP contribution in [0.5, 0.6) is 0 Å². The molecule has 100 valence electrons. The molecular formula is C13H14ClN3OS. The lowest BCUT2D eigenvalue weighted by Gasteiger charge is -2.24. The van der Waals surface area contributed by atoms with Crippen LogP contribution in [0.2, 0.25) is 0 Å². The quantitative estimate of drug-likeness (QED) is 0.746. The van der Waals surface area contributed by atoms with Gasteiger partial charge in [-0.2, -0.15) is 12.6 Å². The average Bonchev–Trinajstić information content (AvgIpc) is 2.91. The minimum absolute atomic E-state index is 0. The number of anilines is 1. The zero-order valence-electron chi connectivity index (χ0n) is 10.0. The van der Waals surface area contributed by atoms with Gasteiger partial charge in [-0.25, -0.2) is 4.99 Å². The number of thiol groups is 1. The van der Waals surface area contributed by atoms with Gasteiger partial charge < -0.3 is 15.5 Å². The van der Waals surface area contributed by atoms with Crippen LogP contribution in [0.15, 0.2) is 46.0 Å². The number of nitrogens with zero attached hydrogens (tertiary/aromatic N) is 1. The second-order valence-corrected chi connectivity index (χ2v) is 4.39. The van der Waals surface area contributed by atoms with Gasteiger partial charge in [-0.05, 0) is 23.8 Å². The van der Waals surface area contributed by atoms with Crippen molar-refractivity contribution in [2.75, 3.05) is 5.32 Å². The van der Waals surface area contributed by atoms with Crippen LogP contribution in [0.25, 0.3) is 0 Å². The number of amidine groups is 1. The number of furan rings is 1. The lowest BCUT2D eigenvalue weighted by atomic mass is 10.0. The Morgan fingerprint density at radius 3 is 2.84 bits per heavy atom. The third kappa shape index (κ3) is 2.43. The monoisotopic (exact) mass is 295 g/mol. The Kier molecular flexibility index (Phi) is 4.07. The summed E-state index contributed by atoms with van der Waals surface area (Å²) < 4.78 is 5.35. The lowest BCUT2D eigenvalue weighted by Crippen LogP contribution is -2.26. The van der Waals surface area contributed by atoms with Gasteiger partial charge in [-0.1, -0.05) is 12.1 Å². The van der Waals surface area contributed by atoms with Crippen LogP contribution < -0.4 is 11.1 Å². The first-order valence-corrected chi connectivity index (χ1v) is 6.29. The zero-order valence-corrected chi connectivity index (χ0v) is 11.7. The van der Waals surface area contributed by atoms with Gasteiger partial charge in [0.05, 0.1) is 6.26 Å². The molecule has 2 heterocycles. The largest absolute Gasteiger partial charge is 0.465 e. The van der Waals surface area contributed by atoms with E-state index in [1.807, 2.05) is 30.3 Å². The van der Waals surface area contributed by atoms with Crippen LogP contribution in [0.1, 0.15) is 23.1 Å². The first-order valence-electron chi connectivity index (χ1n) is 5.66. The molecule has 0 radical (unpaired) electrons. The molecule has 3 rings (SSSR count). The van der Waals surface area contributed by atoms with Crippen molar-refractivity contribution in [3.05, 3.63) is 53.5 Å². The Hall–Kier alpha value is -1.59. The van der Waals surface area contributed by atoms with E-state index in [1.165, 1.54) is 0 Å². The van der Waals surface area contributed by atoms with E-state index in [-0.39, 0.29) is 18.6 Å². The van der Waals surface area contributed by atoms with Crippen molar-refractivity contribution in [1.29, 1.82) is 0 Å². The number of aliphatic imine (C=N–C) groups is 1.